The lowest BCUT2D eigenvalue weighted by molar-refractivity contribution is -0.188. The van der Waals surface area contributed by atoms with Crippen molar-refractivity contribution in [3.05, 3.63) is 0 Å². The van der Waals surface area contributed by atoms with E-state index in [-0.39, 0.29) is 17.9 Å². The van der Waals surface area contributed by atoms with Gasteiger partial charge in [0.05, 0.1) is 26.4 Å². The standard InChI is InChI=1S/C23H42O5/c1-3-4-7-10-20(24)14-13-19-15-16-23(27-17-18-28-23)21(19)11-8-5-6-9-12-22(25)26-2/h19-21,24H,3-18H2,1-2H3/t19-,20-,21+/m0/s1. The van der Waals surface area contributed by atoms with Crippen molar-refractivity contribution in [1.82, 2.24) is 0 Å². The summed E-state index contributed by atoms with van der Waals surface area (Å²) in [4.78, 5) is 11.2. The number of aliphatic hydroxyl groups is 1. The van der Waals surface area contributed by atoms with Gasteiger partial charge < -0.3 is 19.3 Å². The molecule has 28 heavy (non-hydrogen) atoms. The van der Waals surface area contributed by atoms with E-state index in [1.165, 1.54) is 20.0 Å². The summed E-state index contributed by atoms with van der Waals surface area (Å²) in [6.07, 6.45) is 14.3. The lowest BCUT2D eigenvalue weighted by Gasteiger charge is -2.32. The van der Waals surface area contributed by atoms with Gasteiger partial charge in [0, 0.05) is 18.8 Å². The summed E-state index contributed by atoms with van der Waals surface area (Å²) in [6, 6.07) is 0. The fourth-order valence-corrected chi connectivity index (χ4v) is 5.03. The molecule has 2 fully saturated rings. The van der Waals surface area contributed by atoms with Crippen LogP contribution in [0.3, 0.4) is 0 Å². The van der Waals surface area contributed by atoms with Crippen LogP contribution in [0.4, 0.5) is 0 Å². The average Bonchev–Trinajstić information content (AvgIpc) is 3.31. The maximum absolute atomic E-state index is 11.2. The SMILES string of the molecule is CCCCC[C@H](O)CC[C@H]1CCC2(OCCO2)[C@@H]1CCCCCCC(=O)OC. The van der Waals surface area contributed by atoms with E-state index in [2.05, 4.69) is 6.92 Å². The van der Waals surface area contributed by atoms with Gasteiger partial charge in [0.2, 0.25) is 0 Å². The van der Waals surface area contributed by atoms with Crippen molar-refractivity contribution in [3.63, 3.8) is 0 Å². The fraction of sp³-hybridized carbons (Fsp3) is 0.957. The molecule has 0 radical (unpaired) electrons. The van der Waals surface area contributed by atoms with Gasteiger partial charge in [0.25, 0.3) is 0 Å². The zero-order valence-corrected chi connectivity index (χ0v) is 18.1. The molecule has 1 spiro atoms. The van der Waals surface area contributed by atoms with E-state index in [1.54, 1.807) is 0 Å². The normalized spacial score (nSPS) is 24.7. The first kappa shape index (κ1) is 23.6. The highest BCUT2D eigenvalue weighted by molar-refractivity contribution is 5.68. The van der Waals surface area contributed by atoms with Crippen LogP contribution in [0.15, 0.2) is 0 Å². The van der Waals surface area contributed by atoms with E-state index in [0.717, 1.165) is 70.6 Å². The van der Waals surface area contributed by atoms with Gasteiger partial charge in [-0.2, -0.15) is 0 Å². The number of hydrogen-bond donors (Lipinski definition) is 1. The van der Waals surface area contributed by atoms with E-state index in [1.807, 2.05) is 0 Å². The predicted octanol–water partition coefficient (Wildman–Crippen LogP) is 4.99. The van der Waals surface area contributed by atoms with Crippen LogP contribution < -0.4 is 0 Å². The number of rotatable bonds is 14. The minimum Gasteiger partial charge on any atom is -0.469 e. The molecule has 1 aliphatic heterocycles. The second kappa shape index (κ2) is 12.8. The Morgan fingerprint density at radius 3 is 2.54 bits per heavy atom. The first-order valence-electron chi connectivity index (χ1n) is 11.6. The maximum atomic E-state index is 11.2. The molecule has 1 heterocycles. The Morgan fingerprint density at radius 2 is 1.82 bits per heavy atom. The number of methoxy groups -OCH3 is 1. The predicted molar refractivity (Wildman–Crippen MR) is 110 cm³/mol. The minimum atomic E-state index is -0.357. The summed E-state index contributed by atoms with van der Waals surface area (Å²) >= 11 is 0. The quantitative estimate of drug-likeness (QED) is 0.330. The zero-order chi connectivity index (χ0) is 20.2. The third kappa shape index (κ3) is 7.31. The van der Waals surface area contributed by atoms with Crippen molar-refractivity contribution in [1.29, 1.82) is 0 Å². The third-order valence-corrected chi connectivity index (χ3v) is 6.66. The highest BCUT2D eigenvalue weighted by atomic mass is 16.7. The summed E-state index contributed by atoms with van der Waals surface area (Å²) in [7, 11) is 1.45. The van der Waals surface area contributed by atoms with Gasteiger partial charge in [-0.05, 0) is 44.4 Å². The number of carbonyl (C=O) groups excluding carboxylic acids is 1. The van der Waals surface area contributed by atoms with Crippen LogP contribution in [0.25, 0.3) is 0 Å². The molecule has 0 amide bonds. The molecular weight excluding hydrogens is 356 g/mol. The third-order valence-electron chi connectivity index (χ3n) is 6.66. The van der Waals surface area contributed by atoms with Crippen molar-refractivity contribution in [2.45, 2.75) is 109 Å². The van der Waals surface area contributed by atoms with Crippen molar-refractivity contribution >= 4 is 5.97 Å². The van der Waals surface area contributed by atoms with Crippen LogP contribution in [-0.4, -0.2) is 43.3 Å². The Kier molecular flexibility index (Phi) is 10.8. The van der Waals surface area contributed by atoms with Crippen molar-refractivity contribution in [2.24, 2.45) is 11.8 Å². The van der Waals surface area contributed by atoms with Crippen LogP contribution in [0, 0.1) is 11.8 Å². The molecule has 0 aromatic rings. The molecule has 0 bridgehead atoms. The molecule has 1 saturated carbocycles. The van der Waals surface area contributed by atoms with Gasteiger partial charge in [0.1, 0.15) is 0 Å². The van der Waals surface area contributed by atoms with Crippen LogP contribution in [0.2, 0.25) is 0 Å². The summed E-state index contributed by atoms with van der Waals surface area (Å²) < 4.78 is 16.9. The maximum Gasteiger partial charge on any atom is 0.305 e. The molecule has 5 nitrogen and oxygen atoms in total. The highest BCUT2D eigenvalue weighted by Gasteiger charge is 2.51. The van der Waals surface area contributed by atoms with Crippen molar-refractivity contribution in [3.8, 4) is 0 Å². The Balaban J connectivity index is 1.74. The molecule has 5 heteroatoms. The van der Waals surface area contributed by atoms with E-state index >= 15 is 0 Å². The number of unbranched alkanes of at least 4 members (excludes halogenated alkanes) is 5. The van der Waals surface area contributed by atoms with E-state index in [0.29, 0.717) is 31.5 Å². The molecular formula is C23H42O5. The lowest BCUT2D eigenvalue weighted by Crippen LogP contribution is -2.36. The number of ether oxygens (including phenoxy) is 3. The Bertz CT molecular complexity index is 433. The Labute approximate surface area is 171 Å². The molecule has 1 N–H and O–H groups in total. The zero-order valence-electron chi connectivity index (χ0n) is 18.1. The number of aliphatic hydroxyl groups excluding tert-OH is 1. The van der Waals surface area contributed by atoms with Crippen LogP contribution in [-0.2, 0) is 19.0 Å². The summed E-state index contributed by atoms with van der Waals surface area (Å²) in [6.45, 7) is 3.62. The van der Waals surface area contributed by atoms with E-state index < -0.39 is 0 Å². The first-order chi connectivity index (χ1) is 13.6. The van der Waals surface area contributed by atoms with Crippen LogP contribution >= 0.6 is 0 Å². The van der Waals surface area contributed by atoms with Crippen molar-refractivity contribution in [2.75, 3.05) is 20.3 Å². The molecule has 0 aromatic carbocycles. The molecule has 0 aromatic heterocycles. The number of hydrogen-bond acceptors (Lipinski definition) is 5. The molecule has 164 valence electrons. The summed E-state index contributed by atoms with van der Waals surface area (Å²) in [5.74, 6) is 0.566. The summed E-state index contributed by atoms with van der Waals surface area (Å²) in [5, 5.41) is 10.3. The van der Waals surface area contributed by atoms with Gasteiger partial charge in [-0.3, -0.25) is 4.79 Å². The molecule has 1 aliphatic carbocycles. The second-order valence-electron chi connectivity index (χ2n) is 8.67. The highest BCUT2D eigenvalue weighted by Crippen LogP contribution is 2.50. The van der Waals surface area contributed by atoms with Gasteiger partial charge in [-0.15, -0.1) is 0 Å². The molecule has 3 atom stereocenters. The molecule has 2 rings (SSSR count). The molecule has 1 saturated heterocycles. The van der Waals surface area contributed by atoms with Gasteiger partial charge in [0.15, 0.2) is 5.79 Å². The molecule has 2 aliphatic rings. The first-order valence-corrected chi connectivity index (χ1v) is 11.6. The van der Waals surface area contributed by atoms with Crippen LogP contribution in [0.5, 0.6) is 0 Å². The van der Waals surface area contributed by atoms with Gasteiger partial charge >= 0.3 is 5.97 Å². The number of carbonyl (C=O) groups is 1. The monoisotopic (exact) mass is 398 g/mol. The van der Waals surface area contributed by atoms with Crippen LogP contribution in [0.1, 0.15) is 96.8 Å². The lowest BCUT2D eigenvalue weighted by atomic mass is 9.84. The Hall–Kier alpha value is -0.650. The smallest absolute Gasteiger partial charge is 0.305 e. The largest absolute Gasteiger partial charge is 0.469 e. The average molecular weight is 399 g/mol. The number of esters is 1. The second-order valence-corrected chi connectivity index (χ2v) is 8.67. The van der Waals surface area contributed by atoms with E-state index in [9.17, 15) is 9.90 Å². The Morgan fingerprint density at radius 1 is 1.07 bits per heavy atom. The summed E-state index contributed by atoms with van der Waals surface area (Å²) in [5.41, 5.74) is 0. The van der Waals surface area contributed by atoms with Gasteiger partial charge in [-0.1, -0.05) is 45.4 Å². The van der Waals surface area contributed by atoms with E-state index in [4.69, 9.17) is 14.2 Å². The van der Waals surface area contributed by atoms with Crippen molar-refractivity contribution < 1.29 is 24.1 Å². The molecule has 0 unspecified atom stereocenters. The fourth-order valence-electron chi connectivity index (χ4n) is 5.03. The van der Waals surface area contributed by atoms with Gasteiger partial charge in [-0.25, -0.2) is 0 Å². The topological polar surface area (TPSA) is 65.0 Å². The minimum absolute atomic E-state index is 0.111.